The van der Waals surface area contributed by atoms with E-state index in [9.17, 15) is 40.5 Å². The summed E-state index contributed by atoms with van der Waals surface area (Å²) >= 11 is 0. The largest absolute Gasteiger partial charge is 0.394 e. The third-order valence-corrected chi connectivity index (χ3v) is 18.7. The van der Waals surface area contributed by atoms with Crippen LogP contribution in [0.5, 0.6) is 0 Å². The highest BCUT2D eigenvalue weighted by Gasteiger charge is 2.44. The van der Waals surface area contributed by atoms with Crippen molar-refractivity contribution in [3.8, 4) is 0 Å². The second kappa shape index (κ2) is 65.4. The van der Waals surface area contributed by atoms with Crippen molar-refractivity contribution < 1.29 is 50.0 Å². The number of ether oxygens (including phenoxy) is 2. The summed E-state index contributed by atoms with van der Waals surface area (Å²) in [6, 6.07) is -1.19. The number of aliphatic hydroxyl groups is 7. The number of allylic oxidation sites excluding steroid dienone is 6. The van der Waals surface area contributed by atoms with Crippen LogP contribution < -0.4 is 5.32 Å². The molecule has 0 aromatic carbocycles. The summed E-state index contributed by atoms with van der Waals surface area (Å²) in [4.78, 5) is 13.3. The third kappa shape index (κ3) is 51.8. The van der Waals surface area contributed by atoms with E-state index in [0.29, 0.717) is 12.8 Å². The van der Waals surface area contributed by atoms with E-state index in [-0.39, 0.29) is 12.8 Å². The Morgan fingerprint density at radius 1 is 0.398 bits per heavy atom. The van der Waals surface area contributed by atoms with Crippen LogP contribution in [0.25, 0.3) is 0 Å². The lowest BCUT2D eigenvalue weighted by Crippen LogP contribution is -2.60. The highest BCUT2D eigenvalue weighted by molar-refractivity contribution is 5.80. The maximum Gasteiger partial charge on any atom is 0.249 e. The molecule has 1 fully saturated rings. The minimum Gasteiger partial charge on any atom is -0.394 e. The number of amides is 1. The van der Waals surface area contributed by atoms with Gasteiger partial charge in [0.25, 0.3) is 0 Å². The van der Waals surface area contributed by atoms with E-state index in [1.165, 1.54) is 295 Å². The smallest absolute Gasteiger partial charge is 0.249 e. The molecule has 0 spiro atoms. The average molecular weight is 1250 g/mol. The third-order valence-electron chi connectivity index (χ3n) is 18.7. The lowest BCUT2D eigenvalue weighted by molar-refractivity contribution is -0.303. The van der Waals surface area contributed by atoms with Crippen molar-refractivity contribution in [3.05, 3.63) is 36.5 Å². The van der Waals surface area contributed by atoms with Gasteiger partial charge in [-0.15, -0.1) is 0 Å². The molecule has 1 rings (SSSR count). The average Bonchev–Trinajstić information content (AvgIpc) is 3.61. The number of rotatable bonds is 68. The van der Waals surface area contributed by atoms with Gasteiger partial charge in [-0.3, -0.25) is 4.79 Å². The predicted octanol–water partition coefficient (Wildman–Crippen LogP) is 19.3. The van der Waals surface area contributed by atoms with E-state index in [1.54, 1.807) is 0 Å². The van der Waals surface area contributed by atoms with Crippen molar-refractivity contribution in [2.75, 3.05) is 13.2 Å². The Labute approximate surface area is 543 Å². The first-order valence-electron chi connectivity index (χ1n) is 38.4. The van der Waals surface area contributed by atoms with Gasteiger partial charge in [-0.2, -0.15) is 0 Å². The molecule has 0 saturated carbocycles. The molecular formula is C77H147NO10. The van der Waals surface area contributed by atoms with Crippen molar-refractivity contribution in [1.82, 2.24) is 5.32 Å². The summed E-state index contributed by atoms with van der Waals surface area (Å²) in [5.41, 5.74) is 0. The van der Waals surface area contributed by atoms with Crippen LogP contribution in [0.1, 0.15) is 380 Å². The number of aliphatic hydroxyl groups excluding tert-OH is 7. The fourth-order valence-electron chi connectivity index (χ4n) is 12.5. The highest BCUT2D eigenvalue weighted by atomic mass is 16.7. The molecule has 520 valence electrons. The van der Waals surface area contributed by atoms with Gasteiger partial charge >= 0.3 is 0 Å². The molecule has 0 radical (unpaired) electrons. The number of carbonyl (C=O) groups excluding carboxylic acids is 1. The van der Waals surface area contributed by atoms with Crippen LogP contribution >= 0.6 is 0 Å². The molecule has 11 heteroatoms. The van der Waals surface area contributed by atoms with Crippen LogP contribution in [0, 0.1) is 0 Å². The van der Waals surface area contributed by atoms with Crippen LogP contribution in [0.2, 0.25) is 0 Å². The Morgan fingerprint density at radius 2 is 0.705 bits per heavy atom. The number of hydrogen-bond donors (Lipinski definition) is 8. The standard InChI is InChI=1S/C77H147NO10/c1-3-5-7-9-11-13-15-17-19-21-23-25-27-29-31-32-33-34-35-36-37-39-41-43-45-47-49-51-53-55-57-59-61-63-65-70(81)76(86)78-68(67-87-77-75(85)74(84)73(83)71(66-79)88-77)72(82)69(80)64-62-60-58-56-54-52-50-48-46-44-42-40-38-30-28-26-24-22-20-18-16-14-12-10-8-6-4-2/h27,29,32-33,56,58,68-75,77,79-85H,3-26,28,30-31,34-55,57,59-67H2,1-2H3,(H,78,86)/b29-27-,33-32-,58-56+. The van der Waals surface area contributed by atoms with Gasteiger partial charge in [0.15, 0.2) is 6.29 Å². The molecule has 0 aromatic heterocycles. The molecule has 0 bridgehead atoms. The van der Waals surface area contributed by atoms with Crippen molar-refractivity contribution in [1.29, 1.82) is 0 Å². The minimum absolute atomic E-state index is 0.256. The maximum absolute atomic E-state index is 13.3. The first kappa shape index (κ1) is 84.3. The van der Waals surface area contributed by atoms with Gasteiger partial charge in [0.05, 0.1) is 25.4 Å². The monoisotopic (exact) mass is 1250 g/mol. The molecule has 1 aliphatic heterocycles. The minimum atomic E-state index is -1.67. The summed E-state index contributed by atoms with van der Waals surface area (Å²) in [7, 11) is 0. The van der Waals surface area contributed by atoms with Gasteiger partial charge in [0.2, 0.25) is 5.91 Å². The quantitative estimate of drug-likeness (QED) is 0.0215. The Morgan fingerprint density at radius 3 is 1.05 bits per heavy atom. The zero-order valence-electron chi connectivity index (χ0n) is 57.7. The number of hydrogen-bond acceptors (Lipinski definition) is 10. The molecule has 11 nitrogen and oxygen atoms in total. The lowest BCUT2D eigenvalue weighted by Gasteiger charge is -2.40. The molecule has 0 aliphatic carbocycles. The Bertz CT molecular complexity index is 1530. The molecule has 0 aromatic rings. The Balaban J connectivity index is 2.16. The molecule has 9 atom stereocenters. The van der Waals surface area contributed by atoms with Crippen molar-refractivity contribution >= 4 is 5.91 Å². The predicted molar refractivity (Wildman–Crippen MR) is 372 cm³/mol. The van der Waals surface area contributed by atoms with Gasteiger partial charge in [-0.1, -0.05) is 346 Å². The van der Waals surface area contributed by atoms with Gasteiger partial charge in [-0.25, -0.2) is 0 Å². The molecule has 8 N–H and O–H groups in total. The second-order valence-electron chi connectivity index (χ2n) is 27.1. The van der Waals surface area contributed by atoms with E-state index < -0.39 is 74.2 Å². The maximum atomic E-state index is 13.3. The molecule has 88 heavy (non-hydrogen) atoms. The van der Waals surface area contributed by atoms with E-state index in [2.05, 4.69) is 55.6 Å². The topological polar surface area (TPSA) is 189 Å². The normalized spacial score (nSPS) is 18.8. The van der Waals surface area contributed by atoms with Crippen LogP contribution in [-0.4, -0.2) is 110 Å². The van der Waals surface area contributed by atoms with Crippen LogP contribution in [0.3, 0.4) is 0 Å². The Kier molecular flexibility index (Phi) is 62.7. The SMILES string of the molecule is CCCCCCCCCCCCC/C=C\C/C=C\CCCCCCCCCCCCCCCCCCC(O)C(=O)NC(COC1OC(CO)C(O)C(O)C1O)C(O)C(O)CCC/C=C/CCCCCCCCCCCCCCCCCCCCCCCC. The number of unbranched alkanes of at least 4 members (excludes halogenated alkanes) is 50. The van der Waals surface area contributed by atoms with Crippen LogP contribution in [-0.2, 0) is 14.3 Å². The molecule has 1 heterocycles. The fraction of sp³-hybridized carbons (Fsp3) is 0.909. The lowest BCUT2D eigenvalue weighted by atomic mass is 9.98. The summed E-state index contributed by atoms with van der Waals surface area (Å²) in [6.07, 6.45) is 73.9. The number of nitrogens with one attached hydrogen (secondary N) is 1. The molecule has 9 unspecified atom stereocenters. The van der Waals surface area contributed by atoms with E-state index in [0.717, 1.165) is 44.9 Å². The molecule has 1 amide bonds. The fourth-order valence-corrected chi connectivity index (χ4v) is 12.5. The van der Waals surface area contributed by atoms with E-state index in [1.807, 2.05) is 0 Å². The second-order valence-corrected chi connectivity index (χ2v) is 27.1. The molecular weight excluding hydrogens is 1100 g/mol. The highest BCUT2D eigenvalue weighted by Crippen LogP contribution is 2.24. The van der Waals surface area contributed by atoms with Gasteiger partial charge in [0, 0.05) is 0 Å². The summed E-state index contributed by atoms with van der Waals surface area (Å²) in [5, 5.41) is 76.6. The van der Waals surface area contributed by atoms with Crippen LogP contribution in [0.15, 0.2) is 36.5 Å². The zero-order valence-corrected chi connectivity index (χ0v) is 57.7. The van der Waals surface area contributed by atoms with E-state index >= 15 is 0 Å². The van der Waals surface area contributed by atoms with E-state index in [4.69, 9.17) is 9.47 Å². The number of carbonyl (C=O) groups is 1. The summed E-state index contributed by atoms with van der Waals surface area (Å²) in [6.45, 7) is 3.51. The van der Waals surface area contributed by atoms with Gasteiger partial charge in [0.1, 0.15) is 36.6 Å². The summed E-state index contributed by atoms with van der Waals surface area (Å²) in [5.74, 6) is -0.700. The van der Waals surface area contributed by atoms with Gasteiger partial charge < -0.3 is 50.5 Å². The van der Waals surface area contributed by atoms with Crippen molar-refractivity contribution in [2.24, 2.45) is 0 Å². The first-order chi connectivity index (χ1) is 43.2. The van der Waals surface area contributed by atoms with Gasteiger partial charge in [-0.05, 0) is 70.6 Å². The zero-order chi connectivity index (χ0) is 63.9. The van der Waals surface area contributed by atoms with Crippen LogP contribution in [0.4, 0.5) is 0 Å². The Hall–Kier alpha value is -1.67. The first-order valence-corrected chi connectivity index (χ1v) is 38.4. The molecule has 1 saturated heterocycles. The molecule has 1 aliphatic rings. The van der Waals surface area contributed by atoms with Crippen molar-refractivity contribution in [3.63, 3.8) is 0 Å². The van der Waals surface area contributed by atoms with Crippen molar-refractivity contribution in [2.45, 2.75) is 435 Å². The summed E-state index contributed by atoms with van der Waals surface area (Å²) < 4.78 is 11.2.